The molecule has 86 valence electrons. The van der Waals surface area contributed by atoms with Crippen LogP contribution < -0.4 is 5.73 Å². The molecule has 0 fully saturated rings. The van der Waals surface area contributed by atoms with Crippen molar-refractivity contribution in [2.45, 2.75) is 13.8 Å². The minimum Gasteiger partial charge on any atom is -0.387 e. The SMILES string of the molecule is CC(C)C(N)=N/C=C/c1c(Cl)cccc1Cl. The Morgan fingerprint density at radius 3 is 2.38 bits per heavy atom. The molecule has 0 aliphatic carbocycles. The highest BCUT2D eigenvalue weighted by molar-refractivity contribution is 6.37. The van der Waals surface area contributed by atoms with Crippen LogP contribution in [0.15, 0.2) is 29.4 Å². The van der Waals surface area contributed by atoms with Crippen LogP contribution in [-0.2, 0) is 0 Å². The standard InChI is InChI=1S/C12H14Cl2N2/c1-8(2)12(15)16-7-6-9-10(13)4-3-5-11(9)14/h3-8H,1-2H3,(H2,15,16)/b7-6+. The van der Waals surface area contributed by atoms with E-state index in [0.717, 1.165) is 5.56 Å². The monoisotopic (exact) mass is 256 g/mol. The summed E-state index contributed by atoms with van der Waals surface area (Å²) in [6.45, 7) is 3.96. The molecule has 0 heterocycles. The van der Waals surface area contributed by atoms with Crippen LogP contribution in [0.3, 0.4) is 0 Å². The van der Waals surface area contributed by atoms with Gasteiger partial charge < -0.3 is 5.73 Å². The Morgan fingerprint density at radius 2 is 1.88 bits per heavy atom. The van der Waals surface area contributed by atoms with Crippen molar-refractivity contribution >= 4 is 35.1 Å². The maximum atomic E-state index is 5.99. The van der Waals surface area contributed by atoms with Crippen molar-refractivity contribution in [3.05, 3.63) is 40.0 Å². The van der Waals surface area contributed by atoms with E-state index in [1.165, 1.54) is 0 Å². The lowest BCUT2D eigenvalue weighted by Crippen LogP contribution is -2.17. The molecule has 0 aliphatic heterocycles. The van der Waals surface area contributed by atoms with Gasteiger partial charge in [0.05, 0.1) is 0 Å². The number of hydrogen-bond acceptors (Lipinski definition) is 1. The molecule has 0 spiro atoms. The van der Waals surface area contributed by atoms with E-state index >= 15 is 0 Å². The van der Waals surface area contributed by atoms with Gasteiger partial charge >= 0.3 is 0 Å². The summed E-state index contributed by atoms with van der Waals surface area (Å²) in [5, 5.41) is 1.20. The molecule has 0 aliphatic rings. The third-order valence-corrected chi connectivity index (χ3v) is 2.72. The molecule has 0 saturated carbocycles. The summed E-state index contributed by atoms with van der Waals surface area (Å²) in [6.07, 6.45) is 3.36. The molecular weight excluding hydrogens is 243 g/mol. The Hall–Kier alpha value is -0.990. The van der Waals surface area contributed by atoms with Crippen LogP contribution in [0, 0.1) is 5.92 Å². The predicted molar refractivity (Wildman–Crippen MR) is 72.0 cm³/mol. The highest BCUT2D eigenvalue weighted by atomic mass is 35.5. The molecule has 4 heteroatoms. The van der Waals surface area contributed by atoms with Gasteiger partial charge in [-0.2, -0.15) is 0 Å². The topological polar surface area (TPSA) is 38.4 Å². The minimum atomic E-state index is 0.228. The lowest BCUT2D eigenvalue weighted by atomic mass is 10.2. The van der Waals surface area contributed by atoms with Crippen molar-refractivity contribution in [1.82, 2.24) is 0 Å². The summed E-state index contributed by atoms with van der Waals surface area (Å²) in [5.74, 6) is 0.811. The zero-order valence-corrected chi connectivity index (χ0v) is 10.8. The fraction of sp³-hybridized carbons (Fsp3) is 0.250. The maximum absolute atomic E-state index is 5.99. The summed E-state index contributed by atoms with van der Waals surface area (Å²) in [7, 11) is 0. The number of hydrogen-bond donors (Lipinski definition) is 1. The first-order valence-electron chi connectivity index (χ1n) is 4.96. The number of amidine groups is 1. The Bertz CT molecular complexity index is 403. The van der Waals surface area contributed by atoms with Crippen molar-refractivity contribution in [3.63, 3.8) is 0 Å². The average molecular weight is 257 g/mol. The highest BCUT2D eigenvalue weighted by Gasteiger charge is 2.01. The van der Waals surface area contributed by atoms with Gasteiger partial charge in [-0.15, -0.1) is 0 Å². The molecule has 0 bridgehead atoms. The van der Waals surface area contributed by atoms with Crippen LogP contribution >= 0.6 is 23.2 Å². The van der Waals surface area contributed by atoms with E-state index in [1.54, 1.807) is 30.5 Å². The Kier molecular flexibility index (Phi) is 4.84. The van der Waals surface area contributed by atoms with Crippen LogP contribution in [0.2, 0.25) is 10.0 Å². The van der Waals surface area contributed by atoms with Gasteiger partial charge in [-0.3, -0.25) is 0 Å². The second-order valence-electron chi connectivity index (χ2n) is 3.66. The Morgan fingerprint density at radius 1 is 1.31 bits per heavy atom. The number of nitrogens with two attached hydrogens (primary N) is 1. The van der Waals surface area contributed by atoms with Gasteiger partial charge in [-0.05, 0) is 18.2 Å². The number of nitrogens with zero attached hydrogens (tertiary/aromatic N) is 1. The fourth-order valence-corrected chi connectivity index (χ4v) is 1.54. The molecular formula is C12H14Cl2N2. The second kappa shape index (κ2) is 5.92. The van der Waals surface area contributed by atoms with Crippen molar-refractivity contribution in [2.75, 3.05) is 0 Å². The number of benzene rings is 1. The van der Waals surface area contributed by atoms with E-state index in [2.05, 4.69) is 4.99 Å². The number of rotatable bonds is 3. The third-order valence-electron chi connectivity index (χ3n) is 2.06. The van der Waals surface area contributed by atoms with Crippen molar-refractivity contribution in [2.24, 2.45) is 16.6 Å². The quantitative estimate of drug-likeness (QED) is 0.645. The maximum Gasteiger partial charge on any atom is 0.101 e. The van der Waals surface area contributed by atoms with Crippen molar-refractivity contribution < 1.29 is 0 Å². The molecule has 0 aromatic heterocycles. The summed E-state index contributed by atoms with van der Waals surface area (Å²) < 4.78 is 0. The molecule has 0 radical (unpaired) electrons. The van der Waals surface area contributed by atoms with Gasteiger partial charge in [0.1, 0.15) is 5.84 Å². The van der Waals surface area contributed by atoms with E-state index in [0.29, 0.717) is 15.9 Å². The molecule has 0 amide bonds. The summed E-state index contributed by atoms with van der Waals surface area (Å²) in [4.78, 5) is 4.10. The first-order valence-corrected chi connectivity index (χ1v) is 5.71. The normalized spacial score (nSPS) is 12.7. The molecule has 1 aromatic rings. The van der Waals surface area contributed by atoms with Gasteiger partial charge in [0.25, 0.3) is 0 Å². The minimum absolute atomic E-state index is 0.228. The van der Waals surface area contributed by atoms with Gasteiger partial charge in [0.2, 0.25) is 0 Å². The van der Waals surface area contributed by atoms with Gasteiger partial charge in [-0.25, -0.2) is 4.99 Å². The largest absolute Gasteiger partial charge is 0.387 e. The van der Waals surface area contributed by atoms with E-state index in [1.807, 2.05) is 13.8 Å². The van der Waals surface area contributed by atoms with Crippen molar-refractivity contribution in [1.29, 1.82) is 0 Å². The third kappa shape index (κ3) is 3.54. The zero-order valence-electron chi connectivity index (χ0n) is 9.24. The number of halogens is 2. The molecule has 2 N–H and O–H groups in total. The molecule has 0 atom stereocenters. The second-order valence-corrected chi connectivity index (χ2v) is 4.47. The molecule has 1 aromatic carbocycles. The highest BCUT2D eigenvalue weighted by Crippen LogP contribution is 2.25. The van der Waals surface area contributed by atoms with Crippen LogP contribution in [0.25, 0.3) is 6.08 Å². The fourth-order valence-electron chi connectivity index (χ4n) is 1.02. The molecule has 16 heavy (non-hydrogen) atoms. The summed E-state index contributed by atoms with van der Waals surface area (Å²) in [5.41, 5.74) is 6.45. The molecule has 0 unspecified atom stereocenters. The van der Waals surface area contributed by atoms with Crippen molar-refractivity contribution in [3.8, 4) is 0 Å². The Balaban J connectivity index is 2.89. The van der Waals surface area contributed by atoms with Crippen LogP contribution in [0.1, 0.15) is 19.4 Å². The first-order chi connectivity index (χ1) is 7.52. The summed E-state index contributed by atoms with van der Waals surface area (Å²) in [6, 6.07) is 5.36. The van der Waals surface area contributed by atoms with Gasteiger partial charge in [0, 0.05) is 27.7 Å². The molecule has 1 rings (SSSR count). The van der Waals surface area contributed by atoms with Gasteiger partial charge in [0.15, 0.2) is 0 Å². The van der Waals surface area contributed by atoms with Crippen LogP contribution in [0.5, 0.6) is 0 Å². The van der Waals surface area contributed by atoms with E-state index in [9.17, 15) is 0 Å². The first kappa shape index (κ1) is 13.1. The molecule has 0 saturated heterocycles. The van der Waals surface area contributed by atoms with E-state index in [4.69, 9.17) is 28.9 Å². The summed E-state index contributed by atoms with van der Waals surface area (Å²) >= 11 is 12.0. The lowest BCUT2D eigenvalue weighted by Gasteiger charge is -2.02. The van der Waals surface area contributed by atoms with Gasteiger partial charge in [-0.1, -0.05) is 43.1 Å². The lowest BCUT2D eigenvalue weighted by molar-refractivity contribution is 0.872. The Labute approximate surface area is 106 Å². The van der Waals surface area contributed by atoms with E-state index in [-0.39, 0.29) is 5.92 Å². The van der Waals surface area contributed by atoms with E-state index < -0.39 is 0 Å². The predicted octanol–water partition coefficient (Wildman–Crippen LogP) is 3.98. The number of aliphatic imine (C=N–C) groups is 1. The van der Waals surface area contributed by atoms with Crippen LogP contribution in [-0.4, -0.2) is 5.84 Å². The smallest absolute Gasteiger partial charge is 0.101 e. The zero-order chi connectivity index (χ0) is 12.1. The molecule has 2 nitrogen and oxygen atoms in total. The van der Waals surface area contributed by atoms with Crippen LogP contribution in [0.4, 0.5) is 0 Å². The average Bonchev–Trinajstić information content (AvgIpc) is 2.22.